The van der Waals surface area contributed by atoms with Crippen molar-refractivity contribution in [1.29, 1.82) is 0 Å². The summed E-state index contributed by atoms with van der Waals surface area (Å²) in [4.78, 5) is 45.0. The summed E-state index contributed by atoms with van der Waals surface area (Å²) in [6, 6.07) is 7.29. The number of aliphatic hydroxyl groups is 1. The van der Waals surface area contributed by atoms with Crippen LogP contribution in [0.1, 0.15) is 43.3 Å². The van der Waals surface area contributed by atoms with Gasteiger partial charge in [-0.1, -0.05) is 13.8 Å². The Morgan fingerprint density at radius 2 is 1.91 bits per heavy atom. The van der Waals surface area contributed by atoms with Gasteiger partial charge in [0.15, 0.2) is 5.82 Å². The van der Waals surface area contributed by atoms with Gasteiger partial charge in [-0.05, 0) is 47.6 Å². The zero-order chi connectivity index (χ0) is 30.9. The van der Waals surface area contributed by atoms with Crippen molar-refractivity contribution in [1.82, 2.24) is 33.2 Å². The van der Waals surface area contributed by atoms with Crippen molar-refractivity contribution >= 4 is 22.9 Å². The number of aromatic nitrogens is 6. The standard InChI is InChI=1S/C32H34N8O4/c1-19(42)37-7-10-40-22(17-37)13-28(35-40)34-25-11-21(16-36(4)30(25)43)23-5-6-33-29(24(23)18-41)39-9-8-38-26(31(39)44)12-20-14-32(2,3)15-27(20)38/h5-6,8-9,11-13,16,41H,7,10,14-15,17-18H2,1-4H3,(H,34,35). The fourth-order valence-corrected chi connectivity index (χ4v) is 6.63. The Morgan fingerprint density at radius 1 is 1.09 bits per heavy atom. The Labute approximate surface area is 252 Å². The molecule has 0 atom stereocenters. The molecule has 12 heteroatoms. The van der Waals surface area contributed by atoms with Gasteiger partial charge in [-0.2, -0.15) is 5.10 Å². The van der Waals surface area contributed by atoms with Gasteiger partial charge in [-0.25, -0.2) is 4.98 Å². The number of fused-ring (bicyclic) bond motifs is 4. The molecule has 1 aliphatic heterocycles. The molecule has 5 aromatic rings. The molecule has 12 nitrogen and oxygen atoms in total. The molecule has 44 heavy (non-hydrogen) atoms. The quantitative estimate of drug-likeness (QED) is 0.320. The molecule has 6 heterocycles. The van der Waals surface area contributed by atoms with Crippen LogP contribution < -0.4 is 16.4 Å². The highest BCUT2D eigenvalue weighted by molar-refractivity contribution is 5.74. The first-order chi connectivity index (χ1) is 21.0. The van der Waals surface area contributed by atoms with E-state index in [0.29, 0.717) is 59.2 Å². The van der Waals surface area contributed by atoms with E-state index >= 15 is 0 Å². The predicted octanol–water partition coefficient (Wildman–Crippen LogP) is 2.77. The van der Waals surface area contributed by atoms with E-state index in [1.807, 2.05) is 27.4 Å². The number of rotatable bonds is 5. The van der Waals surface area contributed by atoms with Gasteiger partial charge in [0.25, 0.3) is 11.1 Å². The van der Waals surface area contributed by atoms with E-state index in [4.69, 9.17) is 0 Å². The molecule has 7 rings (SSSR count). The van der Waals surface area contributed by atoms with Crippen molar-refractivity contribution in [2.45, 2.75) is 53.3 Å². The number of carbonyl (C=O) groups is 1. The summed E-state index contributed by atoms with van der Waals surface area (Å²) in [6.07, 6.45) is 8.70. The van der Waals surface area contributed by atoms with Crippen LogP contribution in [-0.4, -0.2) is 50.8 Å². The number of pyridine rings is 2. The minimum Gasteiger partial charge on any atom is -0.392 e. The number of aryl methyl sites for hydroxylation is 1. The normalized spacial score (nSPS) is 15.4. The molecular formula is C32H34N8O4. The molecule has 0 unspecified atom stereocenters. The topological polar surface area (TPSA) is 132 Å². The van der Waals surface area contributed by atoms with Gasteiger partial charge in [-0.15, -0.1) is 0 Å². The number of hydrogen-bond donors (Lipinski definition) is 2. The molecule has 5 aromatic heterocycles. The Kier molecular flexibility index (Phi) is 6.36. The van der Waals surface area contributed by atoms with Gasteiger partial charge in [-0.3, -0.25) is 23.6 Å². The highest BCUT2D eigenvalue weighted by atomic mass is 16.3. The van der Waals surface area contributed by atoms with E-state index in [0.717, 1.165) is 18.5 Å². The first-order valence-electron chi connectivity index (χ1n) is 14.7. The summed E-state index contributed by atoms with van der Waals surface area (Å²) in [5.41, 5.74) is 5.57. The summed E-state index contributed by atoms with van der Waals surface area (Å²) >= 11 is 0. The Hall–Kier alpha value is -4.97. The third-order valence-electron chi connectivity index (χ3n) is 8.77. The maximum Gasteiger partial charge on any atom is 0.280 e. The molecular weight excluding hydrogens is 560 g/mol. The molecule has 1 aliphatic carbocycles. The van der Waals surface area contributed by atoms with Gasteiger partial charge >= 0.3 is 0 Å². The van der Waals surface area contributed by atoms with Gasteiger partial charge < -0.3 is 24.3 Å². The molecule has 0 aromatic carbocycles. The Morgan fingerprint density at radius 3 is 2.68 bits per heavy atom. The molecule has 0 bridgehead atoms. The third-order valence-corrected chi connectivity index (χ3v) is 8.77. The van der Waals surface area contributed by atoms with Gasteiger partial charge in [0, 0.05) is 68.2 Å². The number of hydrogen-bond acceptors (Lipinski definition) is 7. The van der Waals surface area contributed by atoms with Gasteiger partial charge in [0.05, 0.1) is 25.4 Å². The van der Waals surface area contributed by atoms with Crippen molar-refractivity contribution < 1.29 is 9.90 Å². The summed E-state index contributed by atoms with van der Waals surface area (Å²) in [5.74, 6) is 0.840. The van der Waals surface area contributed by atoms with E-state index in [1.165, 1.54) is 20.4 Å². The van der Waals surface area contributed by atoms with Crippen molar-refractivity contribution in [3.05, 3.63) is 92.3 Å². The molecule has 226 valence electrons. The summed E-state index contributed by atoms with van der Waals surface area (Å²) in [5, 5.41) is 18.3. The lowest BCUT2D eigenvalue weighted by Gasteiger charge is -2.26. The molecule has 2 N–H and O–H groups in total. The number of nitrogens with one attached hydrogen (secondary N) is 1. The second-order valence-electron chi connectivity index (χ2n) is 12.5. The summed E-state index contributed by atoms with van der Waals surface area (Å²) in [6.45, 7) is 7.25. The number of amides is 1. The number of anilines is 2. The van der Waals surface area contributed by atoms with Crippen molar-refractivity contribution in [3.8, 4) is 16.9 Å². The van der Waals surface area contributed by atoms with Crippen molar-refractivity contribution in [2.75, 3.05) is 11.9 Å². The molecule has 2 aliphatic rings. The lowest BCUT2D eigenvalue weighted by atomic mass is 9.90. The molecule has 0 fully saturated rings. The minimum atomic E-state index is -0.367. The molecule has 0 spiro atoms. The second kappa shape index (κ2) is 10.1. The highest BCUT2D eigenvalue weighted by Crippen LogP contribution is 2.37. The minimum absolute atomic E-state index is 0.00773. The maximum absolute atomic E-state index is 13.7. The first kappa shape index (κ1) is 27.8. The zero-order valence-electron chi connectivity index (χ0n) is 25.2. The predicted molar refractivity (Wildman–Crippen MR) is 165 cm³/mol. The fourth-order valence-electron chi connectivity index (χ4n) is 6.63. The SMILES string of the molecule is CC(=O)N1CCn2nc(Nc3cc(-c4ccnc(-n5ccn6c7c(cc6c5=O)CC(C)(C)C7)c4CO)cn(C)c3=O)cc2C1. The van der Waals surface area contributed by atoms with E-state index < -0.39 is 0 Å². The molecule has 0 saturated heterocycles. The van der Waals surface area contributed by atoms with Crippen LogP contribution in [0.4, 0.5) is 11.5 Å². The third kappa shape index (κ3) is 4.53. The van der Waals surface area contributed by atoms with Crippen LogP contribution >= 0.6 is 0 Å². The van der Waals surface area contributed by atoms with Crippen LogP contribution in [0.5, 0.6) is 0 Å². The number of carbonyl (C=O) groups excluding carboxylic acids is 1. The van der Waals surface area contributed by atoms with Crippen LogP contribution in [0.15, 0.2) is 58.6 Å². The van der Waals surface area contributed by atoms with Crippen molar-refractivity contribution in [3.63, 3.8) is 0 Å². The largest absolute Gasteiger partial charge is 0.392 e. The highest BCUT2D eigenvalue weighted by Gasteiger charge is 2.32. The lowest BCUT2D eigenvalue weighted by molar-refractivity contribution is -0.130. The maximum atomic E-state index is 13.7. The van der Waals surface area contributed by atoms with Crippen LogP contribution in [0.25, 0.3) is 22.5 Å². The molecule has 0 radical (unpaired) electrons. The first-order valence-corrected chi connectivity index (χ1v) is 14.7. The van der Waals surface area contributed by atoms with E-state index in [2.05, 4.69) is 29.2 Å². The van der Waals surface area contributed by atoms with E-state index in [-0.39, 0.29) is 29.0 Å². The summed E-state index contributed by atoms with van der Waals surface area (Å²) in [7, 11) is 1.66. The Balaban J connectivity index is 1.27. The second-order valence-corrected chi connectivity index (χ2v) is 12.5. The molecule has 1 amide bonds. The van der Waals surface area contributed by atoms with Crippen LogP contribution in [0.3, 0.4) is 0 Å². The average Bonchev–Trinajstić information content (AvgIpc) is 3.64. The molecule has 0 saturated carbocycles. The van der Waals surface area contributed by atoms with Crippen LogP contribution in [-0.2, 0) is 44.4 Å². The monoisotopic (exact) mass is 594 g/mol. The van der Waals surface area contributed by atoms with Crippen molar-refractivity contribution in [2.24, 2.45) is 12.5 Å². The number of aliphatic hydroxyl groups excluding tert-OH is 1. The zero-order valence-corrected chi connectivity index (χ0v) is 25.2. The van der Waals surface area contributed by atoms with Crippen LogP contribution in [0.2, 0.25) is 0 Å². The van der Waals surface area contributed by atoms with Gasteiger partial charge in [0.1, 0.15) is 17.0 Å². The number of nitrogens with zero attached hydrogens (tertiary/aromatic N) is 7. The lowest BCUT2D eigenvalue weighted by Crippen LogP contribution is -2.36. The Bertz CT molecular complexity index is 2100. The van der Waals surface area contributed by atoms with E-state index in [9.17, 15) is 19.5 Å². The van der Waals surface area contributed by atoms with E-state index in [1.54, 1.807) is 49.6 Å². The fraction of sp³-hybridized carbons (Fsp3) is 0.344. The summed E-state index contributed by atoms with van der Waals surface area (Å²) < 4.78 is 6.76. The average molecular weight is 595 g/mol. The smallest absolute Gasteiger partial charge is 0.280 e. The van der Waals surface area contributed by atoms with Crippen LogP contribution in [0, 0.1) is 5.41 Å². The van der Waals surface area contributed by atoms with Gasteiger partial charge in [0.2, 0.25) is 5.91 Å².